The molecule has 1 N–H and O–H groups in total. The normalized spacial score (nSPS) is 23.8. The van der Waals surface area contributed by atoms with E-state index in [0.29, 0.717) is 18.7 Å². The zero-order valence-corrected chi connectivity index (χ0v) is 23.7. The maximum Gasteiger partial charge on any atom is 0.435 e. The number of nitrogens with one attached hydrogen (secondary N) is 1. The van der Waals surface area contributed by atoms with Crippen LogP contribution >= 0.6 is 45.2 Å². The molecule has 3 atom stereocenters. The average molecular weight is 761 g/mol. The highest BCUT2D eigenvalue weighted by molar-refractivity contribution is 14.1. The molecule has 198 valence electrons. The molecule has 0 radical (unpaired) electrons. The molecule has 0 bridgehead atoms. The Bertz CT molecular complexity index is 1280. The second-order valence-corrected chi connectivity index (χ2v) is 14.3. The van der Waals surface area contributed by atoms with E-state index in [0.717, 1.165) is 15.2 Å². The van der Waals surface area contributed by atoms with Gasteiger partial charge in [-0.3, -0.25) is 0 Å². The summed E-state index contributed by atoms with van der Waals surface area (Å²) in [5.74, 6) is 0. The van der Waals surface area contributed by atoms with Crippen molar-refractivity contribution in [2.24, 2.45) is 0 Å². The summed E-state index contributed by atoms with van der Waals surface area (Å²) in [7, 11) is -4.16. The molecule has 2 aliphatic rings. The Balaban J connectivity index is 1.93. The summed E-state index contributed by atoms with van der Waals surface area (Å²) in [6.45, 7) is 2.19. The lowest BCUT2D eigenvalue weighted by Crippen LogP contribution is -2.51. The van der Waals surface area contributed by atoms with Crippen LogP contribution < -0.4 is 5.32 Å². The van der Waals surface area contributed by atoms with E-state index in [1.54, 1.807) is 12.1 Å². The minimum atomic E-state index is -6.25. The largest absolute Gasteiger partial charge is 0.435 e. The molecule has 2 aromatic rings. The molecule has 1 fully saturated rings. The monoisotopic (exact) mass is 761 g/mol. The highest BCUT2D eigenvalue weighted by Crippen LogP contribution is 2.55. The lowest BCUT2D eigenvalue weighted by molar-refractivity contribution is -0.348. The number of halogens is 9. The third-order valence-electron chi connectivity index (χ3n) is 7.08. The minimum absolute atomic E-state index is 0.00657. The molecule has 0 saturated carbocycles. The van der Waals surface area contributed by atoms with E-state index in [1.807, 2.05) is 6.92 Å². The predicted molar refractivity (Wildman–Crippen MR) is 137 cm³/mol. The molecule has 1 saturated heterocycles. The Morgan fingerprint density at radius 2 is 1.67 bits per heavy atom. The first kappa shape index (κ1) is 28.3. The molecule has 4 rings (SSSR count). The van der Waals surface area contributed by atoms with Gasteiger partial charge in [0.25, 0.3) is 0 Å². The molecule has 3 nitrogen and oxygen atoms in total. The van der Waals surface area contributed by atoms with Crippen LogP contribution in [-0.4, -0.2) is 33.4 Å². The van der Waals surface area contributed by atoms with Crippen molar-refractivity contribution >= 4 is 55.0 Å². The van der Waals surface area contributed by atoms with E-state index in [9.17, 15) is 39.2 Å². The van der Waals surface area contributed by atoms with Crippen LogP contribution in [-0.2, 0) is 26.7 Å². The van der Waals surface area contributed by atoms with Crippen LogP contribution in [0.5, 0.6) is 0 Å². The third kappa shape index (κ3) is 4.08. The number of benzene rings is 2. The summed E-state index contributed by atoms with van der Waals surface area (Å²) < 4.78 is 122. The highest BCUT2D eigenvalue weighted by Gasteiger charge is 2.73. The molecule has 0 spiro atoms. The molecule has 13 heteroatoms. The average Bonchev–Trinajstić information content (AvgIpc) is 3.23. The molecule has 1 heterocycles. The fourth-order valence-corrected chi connectivity index (χ4v) is 9.61. The standard InChI is InChI=1S/C23H20F7I2NO2S/c1-12(31)16-11-15(4-6-18(16)32)36(34,35)20-8-9-33-19(20)7-2-13-10-14(3-5-17(13)20)21(24,22(25,26)27)23(28,29)30/h3-6,10-12,19,33H,2,7-9H2,1H3. The number of hydrogen-bond acceptors (Lipinski definition) is 3. The Kier molecular flexibility index (Phi) is 7.25. The van der Waals surface area contributed by atoms with Crippen LogP contribution in [0.4, 0.5) is 30.7 Å². The molecule has 36 heavy (non-hydrogen) atoms. The van der Waals surface area contributed by atoms with E-state index in [2.05, 4.69) is 50.5 Å². The number of alkyl halides is 8. The first-order valence-corrected chi connectivity index (χ1v) is 14.7. The van der Waals surface area contributed by atoms with Gasteiger partial charge in [-0.25, -0.2) is 12.8 Å². The van der Waals surface area contributed by atoms with Gasteiger partial charge < -0.3 is 5.32 Å². The van der Waals surface area contributed by atoms with Crippen LogP contribution in [0, 0.1) is 3.57 Å². The van der Waals surface area contributed by atoms with Crippen molar-refractivity contribution in [3.8, 4) is 0 Å². The Morgan fingerprint density at radius 3 is 2.25 bits per heavy atom. The van der Waals surface area contributed by atoms with Gasteiger partial charge in [0.05, 0.1) is 4.90 Å². The molecule has 2 aromatic carbocycles. The van der Waals surface area contributed by atoms with E-state index in [4.69, 9.17) is 0 Å². The van der Waals surface area contributed by atoms with Gasteiger partial charge in [-0.15, -0.1) is 0 Å². The van der Waals surface area contributed by atoms with E-state index in [-0.39, 0.29) is 39.2 Å². The molecule has 0 amide bonds. The second-order valence-electron chi connectivity index (χ2n) is 9.01. The summed E-state index contributed by atoms with van der Waals surface area (Å²) >= 11 is 4.25. The number of hydrogen-bond donors (Lipinski definition) is 1. The first-order chi connectivity index (χ1) is 16.5. The quantitative estimate of drug-likeness (QED) is 0.207. The van der Waals surface area contributed by atoms with E-state index >= 15 is 0 Å². The summed E-state index contributed by atoms with van der Waals surface area (Å²) in [6.07, 6.45) is -12.3. The van der Waals surface area contributed by atoms with Crippen molar-refractivity contribution in [3.63, 3.8) is 0 Å². The third-order valence-corrected chi connectivity index (χ3v) is 11.3. The van der Waals surface area contributed by atoms with Crippen LogP contribution in [0.3, 0.4) is 0 Å². The van der Waals surface area contributed by atoms with Gasteiger partial charge in [0.2, 0.25) is 0 Å². The van der Waals surface area contributed by atoms with Crippen molar-refractivity contribution in [1.29, 1.82) is 0 Å². The van der Waals surface area contributed by atoms with Crippen molar-refractivity contribution in [2.75, 3.05) is 6.54 Å². The van der Waals surface area contributed by atoms with Crippen LogP contribution in [0.1, 0.15) is 45.9 Å². The molecule has 1 aliphatic carbocycles. The molecular weight excluding hydrogens is 741 g/mol. The van der Waals surface area contributed by atoms with E-state index in [1.165, 1.54) is 6.07 Å². The SMILES string of the molecule is CC(I)c1cc(S(=O)(=O)C23CCNC2CCc2cc(C(F)(C(F)(F)F)C(F)(F)F)ccc23)ccc1I. The Labute approximate surface area is 230 Å². The van der Waals surface area contributed by atoms with Gasteiger partial charge in [-0.2, -0.15) is 26.3 Å². The van der Waals surface area contributed by atoms with Crippen LogP contribution in [0.2, 0.25) is 0 Å². The van der Waals surface area contributed by atoms with Crippen molar-refractivity contribution in [3.05, 3.63) is 62.2 Å². The summed E-state index contributed by atoms with van der Waals surface area (Å²) in [4.78, 5) is 0.0254. The zero-order chi connectivity index (χ0) is 26.9. The molecular formula is C23H20F7I2NO2S. The first-order valence-electron chi connectivity index (χ1n) is 10.9. The van der Waals surface area contributed by atoms with Crippen molar-refractivity contribution in [1.82, 2.24) is 5.32 Å². The fraction of sp³-hybridized carbons (Fsp3) is 0.478. The second kappa shape index (κ2) is 9.21. The number of rotatable bonds is 4. The summed E-state index contributed by atoms with van der Waals surface area (Å²) in [5, 5.41) is 3.14. The number of sulfone groups is 1. The Morgan fingerprint density at radius 1 is 1.03 bits per heavy atom. The van der Waals surface area contributed by atoms with E-state index < -0.39 is 44.2 Å². The molecule has 1 aliphatic heterocycles. The zero-order valence-electron chi connectivity index (χ0n) is 18.6. The maximum atomic E-state index is 14.7. The number of aryl methyl sites for hydroxylation is 1. The van der Waals surface area contributed by atoms with Crippen LogP contribution in [0.15, 0.2) is 41.3 Å². The van der Waals surface area contributed by atoms with Gasteiger partial charge in [0.1, 0.15) is 4.75 Å². The van der Waals surface area contributed by atoms with Crippen molar-refractivity contribution < 1.29 is 39.2 Å². The Hall–Kier alpha value is -0.680. The predicted octanol–water partition coefficient (Wildman–Crippen LogP) is 7.05. The van der Waals surface area contributed by atoms with Gasteiger partial charge in [0, 0.05) is 19.1 Å². The van der Waals surface area contributed by atoms with Crippen molar-refractivity contribution in [2.45, 2.75) is 63.8 Å². The smallest absolute Gasteiger partial charge is 0.312 e. The lowest BCUT2D eigenvalue weighted by Gasteiger charge is -2.41. The lowest BCUT2D eigenvalue weighted by atomic mass is 9.77. The van der Waals surface area contributed by atoms with Gasteiger partial charge in [-0.05, 0) is 90.2 Å². The van der Waals surface area contributed by atoms with Gasteiger partial charge in [-0.1, -0.05) is 40.8 Å². The van der Waals surface area contributed by atoms with Crippen LogP contribution in [0.25, 0.3) is 0 Å². The number of fused-ring (bicyclic) bond motifs is 3. The summed E-state index contributed by atoms with van der Waals surface area (Å²) in [6, 6.07) is 6.00. The highest BCUT2D eigenvalue weighted by atomic mass is 127. The summed E-state index contributed by atoms with van der Waals surface area (Å²) in [5.41, 5.74) is -6.30. The molecule has 0 aromatic heterocycles. The van der Waals surface area contributed by atoms with Gasteiger partial charge in [0.15, 0.2) is 9.84 Å². The fourth-order valence-electron chi connectivity index (χ4n) is 5.31. The molecule has 3 unspecified atom stereocenters. The van der Waals surface area contributed by atoms with Gasteiger partial charge >= 0.3 is 18.0 Å². The topological polar surface area (TPSA) is 46.2 Å². The minimum Gasteiger partial charge on any atom is -0.312 e. The maximum absolute atomic E-state index is 14.7.